The normalized spacial score (nSPS) is 17.6. The number of nitrogens with zero attached hydrogens (tertiary/aromatic N) is 2. The summed E-state index contributed by atoms with van der Waals surface area (Å²) in [6.07, 6.45) is 0. The molecule has 1 N–H and O–H groups in total. The molecule has 1 aliphatic rings. The minimum absolute atomic E-state index is 0.193. The molecule has 0 radical (unpaired) electrons. The number of benzene rings is 1. The molecule has 0 aliphatic carbocycles. The Morgan fingerprint density at radius 3 is 2.60 bits per heavy atom. The van der Waals surface area contributed by atoms with Gasteiger partial charge in [0.25, 0.3) is 5.91 Å². The van der Waals surface area contributed by atoms with Crippen molar-refractivity contribution in [2.24, 2.45) is 0 Å². The second-order valence-electron chi connectivity index (χ2n) is 5.44. The molecule has 1 fully saturated rings. The predicted octanol–water partition coefficient (Wildman–Crippen LogP) is 2.07. The van der Waals surface area contributed by atoms with Gasteiger partial charge < -0.3 is 5.32 Å². The molecule has 0 saturated carbocycles. The second-order valence-corrected chi connectivity index (χ2v) is 5.44. The molecule has 0 atom stereocenters. The molecule has 0 spiro atoms. The zero-order valence-corrected chi connectivity index (χ0v) is 11.4. The van der Waals surface area contributed by atoms with E-state index in [1.54, 1.807) is 13.8 Å². The van der Waals surface area contributed by atoms with Crippen LogP contribution in [-0.2, 0) is 11.3 Å². The maximum atomic E-state index is 12.1. The third-order valence-electron chi connectivity index (χ3n) is 3.42. The van der Waals surface area contributed by atoms with E-state index in [4.69, 9.17) is 0 Å². The minimum atomic E-state index is -0.839. The van der Waals surface area contributed by atoms with Crippen LogP contribution in [0.15, 0.2) is 36.4 Å². The van der Waals surface area contributed by atoms with Gasteiger partial charge in [-0.2, -0.15) is 0 Å². The topological polar surface area (TPSA) is 62.3 Å². The summed E-state index contributed by atoms with van der Waals surface area (Å²) in [4.78, 5) is 29.6. The Bertz CT molecular complexity index is 709. The van der Waals surface area contributed by atoms with Crippen molar-refractivity contribution in [2.45, 2.75) is 25.9 Å². The van der Waals surface area contributed by atoms with Crippen molar-refractivity contribution < 1.29 is 9.59 Å². The van der Waals surface area contributed by atoms with Gasteiger partial charge in [0, 0.05) is 5.39 Å². The van der Waals surface area contributed by atoms with Crippen molar-refractivity contribution in [3.05, 3.63) is 42.1 Å². The van der Waals surface area contributed by atoms with Crippen molar-refractivity contribution in [1.29, 1.82) is 0 Å². The molecule has 0 bridgehead atoms. The molecule has 1 aromatic carbocycles. The van der Waals surface area contributed by atoms with Gasteiger partial charge in [0.2, 0.25) is 0 Å². The Balaban J connectivity index is 1.90. The first kappa shape index (κ1) is 12.6. The number of nitrogens with one attached hydrogen (secondary N) is 1. The molecule has 2 heterocycles. The van der Waals surface area contributed by atoms with Crippen LogP contribution in [0.5, 0.6) is 0 Å². The number of rotatable bonds is 2. The number of hydrogen-bond acceptors (Lipinski definition) is 3. The SMILES string of the molecule is CC1(C)NC(=O)N(Cc2ccc3ccccc3n2)C1=O. The molecule has 5 heteroatoms. The van der Waals surface area contributed by atoms with Crippen molar-refractivity contribution in [3.8, 4) is 0 Å². The molecule has 1 saturated heterocycles. The highest BCUT2D eigenvalue weighted by Gasteiger charge is 2.44. The van der Waals surface area contributed by atoms with Crippen LogP contribution in [0.3, 0.4) is 0 Å². The predicted molar refractivity (Wildman–Crippen MR) is 74.9 cm³/mol. The summed E-state index contributed by atoms with van der Waals surface area (Å²) >= 11 is 0. The standard InChI is InChI=1S/C15H15N3O2/c1-15(2)13(19)18(14(20)17-15)9-11-8-7-10-5-3-4-6-12(10)16-11/h3-8H,9H2,1-2H3,(H,17,20). The molecule has 1 aromatic heterocycles. The van der Waals surface area contributed by atoms with Crippen molar-refractivity contribution in [2.75, 3.05) is 0 Å². The van der Waals surface area contributed by atoms with Gasteiger partial charge in [-0.25, -0.2) is 4.79 Å². The Hall–Kier alpha value is -2.43. The number of amides is 3. The van der Waals surface area contributed by atoms with E-state index >= 15 is 0 Å². The number of para-hydroxylation sites is 1. The van der Waals surface area contributed by atoms with Crippen LogP contribution in [0.2, 0.25) is 0 Å². The van der Waals surface area contributed by atoms with Gasteiger partial charge in [-0.05, 0) is 26.0 Å². The molecule has 2 aromatic rings. The van der Waals surface area contributed by atoms with Crippen molar-refractivity contribution in [3.63, 3.8) is 0 Å². The number of urea groups is 1. The molecule has 20 heavy (non-hydrogen) atoms. The zero-order valence-electron chi connectivity index (χ0n) is 11.4. The zero-order chi connectivity index (χ0) is 14.3. The quantitative estimate of drug-likeness (QED) is 0.849. The van der Waals surface area contributed by atoms with E-state index in [1.807, 2.05) is 36.4 Å². The third kappa shape index (κ3) is 2.01. The maximum absolute atomic E-state index is 12.1. The van der Waals surface area contributed by atoms with E-state index in [9.17, 15) is 9.59 Å². The lowest BCUT2D eigenvalue weighted by molar-refractivity contribution is -0.130. The molecular weight excluding hydrogens is 254 g/mol. The average molecular weight is 269 g/mol. The number of carbonyl (C=O) groups excluding carboxylic acids is 2. The Morgan fingerprint density at radius 2 is 1.90 bits per heavy atom. The average Bonchev–Trinajstić information content (AvgIpc) is 2.61. The van der Waals surface area contributed by atoms with Gasteiger partial charge in [0.05, 0.1) is 17.8 Å². The van der Waals surface area contributed by atoms with E-state index in [-0.39, 0.29) is 18.5 Å². The summed E-state index contributed by atoms with van der Waals surface area (Å²) in [5, 5.41) is 3.70. The van der Waals surface area contributed by atoms with Crippen molar-refractivity contribution in [1.82, 2.24) is 15.2 Å². The Morgan fingerprint density at radius 1 is 1.15 bits per heavy atom. The lowest BCUT2D eigenvalue weighted by atomic mass is 10.1. The number of fused-ring (bicyclic) bond motifs is 1. The van der Waals surface area contributed by atoms with Gasteiger partial charge in [-0.1, -0.05) is 24.3 Å². The Kier molecular flexibility index (Phi) is 2.71. The van der Waals surface area contributed by atoms with E-state index in [0.29, 0.717) is 5.69 Å². The van der Waals surface area contributed by atoms with Gasteiger partial charge in [-0.3, -0.25) is 14.7 Å². The smallest absolute Gasteiger partial charge is 0.324 e. The summed E-state index contributed by atoms with van der Waals surface area (Å²) in [6, 6.07) is 11.2. The van der Waals surface area contributed by atoms with Crippen LogP contribution in [-0.4, -0.2) is 27.4 Å². The highest BCUT2D eigenvalue weighted by molar-refractivity contribution is 6.06. The number of hydrogen-bond donors (Lipinski definition) is 1. The summed E-state index contributed by atoms with van der Waals surface area (Å²) in [5.74, 6) is -0.225. The van der Waals surface area contributed by atoms with E-state index in [0.717, 1.165) is 10.9 Å². The molecule has 3 amide bonds. The summed E-state index contributed by atoms with van der Waals surface area (Å²) < 4.78 is 0. The van der Waals surface area contributed by atoms with Crippen LogP contribution in [0.25, 0.3) is 10.9 Å². The van der Waals surface area contributed by atoms with Gasteiger partial charge >= 0.3 is 6.03 Å². The van der Waals surface area contributed by atoms with Crippen LogP contribution in [0.4, 0.5) is 4.79 Å². The van der Waals surface area contributed by atoms with E-state index in [1.165, 1.54) is 4.90 Å². The Labute approximate surface area is 116 Å². The molecule has 0 unspecified atom stereocenters. The summed E-state index contributed by atoms with van der Waals surface area (Å²) in [5.41, 5.74) is 0.717. The van der Waals surface area contributed by atoms with Gasteiger partial charge in [-0.15, -0.1) is 0 Å². The first-order chi connectivity index (χ1) is 9.47. The molecule has 102 valence electrons. The first-order valence-corrected chi connectivity index (χ1v) is 6.46. The number of aromatic nitrogens is 1. The fourth-order valence-corrected chi connectivity index (χ4v) is 2.32. The van der Waals surface area contributed by atoms with Crippen LogP contribution >= 0.6 is 0 Å². The van der Waals surface area contributed by atoms with E-state index in [2.05, 4.69) is 10.3 Å². The third-order valence-corrected chi connectivity index (χ3v) is 3.42. The van der Waals surface area contributed by atoms with Crippen LogP contribution < -0.4 is 5.32 Å². The maximum Gasteiger partial charge on any atom is 0.325 e. The molecular formula is C15H15N3O2. The fourth-order valence-electron chi connectivity index (χ4n) is 2.32. The van der Waals surface area contributed by atoms with E-state index < -0.39 is 5.54 Å². The number of carbonyl (C=O) groups is 2. The van der Waals surface area contributed by atoms with Crippen LogP contribution in [0.1, 0.15) is 19.5 Å². The highest BCUT2D eigenvalue weighted by Crippen LogP contribution is 2.19. The van der Waals surface area contributed by atoms with Crippen molar-refractivity contribution >= 4 is 22.8 Å². The lowest BCUT2D eigenvalue weighted by Crippen LogP contribution is -2.40. The molecule has 3 rings (SSSR count). The monoisotopic (exact) mass is 269 g/mol. The molecule has 1 aliphatic heterocycles. The molecule has 5 nitrogen and oxygen atoms in total. The number of imide groups is 1. The highest BCUT2D eigenvalue weighted by atomic mass is 16.2. The lowest BCUT2D eigenvalue weighted by Gasteiger charge is -2.15. The fraction of sp³-hybridized carbons (Fsp3) is 0.267. The first-order valence-electron chi connectivity index (χ1n) is 6.46. The minimum Gasteiger partial charge on any atom is -0.324 e. The van der Waals surface area contributed by atoms with Gasteiger partial charge in [0.15, 0.2) is 0 Å². The van der Waals surface area contributed by atoms with Crippen LogP contribution in [0, 0.1) is 0 Å². The second kappa shape index (κ2) is 4.30. The largest absolute Gasteiger partial charge is 0.325 e. The number of pyridine rings is 1. The summed E-state index contributed by atoms with van der Waals surface area (Å²) in [6.45, 7) is 3.58. The van der Waals surface area contributed by atoms with Gasteiger partial charge in [0.1, 0.15) is 5.54 Å². The summed E-state index contributed by atoms with van der Waals surface area (Å²) in [7, 11) is 0.